The normalized spacial score (nSPS) is 12.6. The van der Waals surface area contributed by atoms with Crippen LogP contribution in [0.2, 0.25) is 0 Å². The smallest absolute Gasteiger partial charge is 0.306 e. The van der Waals surface area contributed by atoms with E-state index in [1.165, 1.54) is 193 Å². The highest BCUT2D eigenvalue weighted by molar-refractivity contribution is 5.71. The number of hydrogen-bond acceptors (Lipinski definition) is 6. The van der Waals surface area contributed by atoms with E-state index in [9.17, 15) is 14.4 Å². The summed E-state index contributed by atoms with van der Waals surface area (Å²) in [4.78, 5) is 38.4. The average Bonchev–Trinajstić information content (AvgIpc) is 3.43. The first-order valence-electron chi connectivity index (χ1n) is 33.1. The Labute approximate surface area is 477 Å². The second-order valence-corrected chi connectivity index (χ2v) is 22.0. The van der Waals surface area contributed by atoms with E-state index >= 15 is 0 Å². The number of rotatable bonds is 60. The topological polar surface area (TPSA) is 78.9 Å². The van der Waals surface area contributed by atoms with Gasteiger partial charge in [0.25, 0.3) is 0 Å². The Balaban J connectivity index is 4.41. The molecule has 0 rings (SSSR count). The highest BCUT2D eigenvalue weighted by Crippen LogP contribution is 2.16. The summed E-state index contributed by atoms with van der Waals surface area (Å²) in [5.41, 5.74) is 0. The van der Waals surface area contributed by atoms with Crippen molar-refractivity contribution in [3.05, 3.63) is 85.1 Å². The van der Waals surface area contributed by atoms with Gasteiger partial charge in [0.2, 0.25) is 0 Å². The summed E-state index contributed by atoms with van der Waals surface area (Å²) < 4.78 is 16.9. The van der Waals surface area contributed by atoms with Crippen molar-refractivity contribution in [3.8, 4) is 0 Å². The van der Waals surface area contributed by atoms with Gasteiger partial charge in [-0.15, -0.1) is 0 Å². The van der Waals surface area contributed by atoms with Gasteiger partial charge in [0.15, 0.2) is 6.10 Å². The van der Waals surface area contributed by atoms with Crippen LogP contribution in [-0.2, 0) is 28.6 Å². The van der Waals surface area contributed by atoms with Crippen molar-refractivity contribution in [2.75, 3.05) is 13.2 Å². The minimum atomic E-state index is -0.793. The lowest BCUT2D eigenvalue weighted by Crippen LogP contribution is -2.30. The molecule has 6 heteroatoms. The van der Waals surface area contributed by atoms with E-state index < -0.39 is 6.10 Å². The molecule has 0 aliphatic heterocycles. The zero-order valence-electron chi connectivity index (χ0n) is 51.0. The Bertz CT molecular complexity index is 1470. The highest BCUT2D eigenvalue weighted by Gasteiger charge is 2.19. The van der Waals surface area contributed by atoms with Gasteiger partial charge in [-0.05, 0) is 116 Å². The molecular formula is C71H124O6. The lowest BCUT2D eigenvalue weighted by atomic mass is 10.0. The van der Waals surface area contributed by atoms with Crippen LogP contribution in [0.25, 0.3) is 0 Å². The fourth-order valence-electron chi connectivity index (χ4n) is 9.40. The van der Waals surface area contributed by atoms with Crippen molar-refractivity contribution in [2.24, 2.45) is 0 Å². The molecule has 444 valence electrons. The lowest BCUT2D eigenvalue weighted by Gasteiger charge is -2.18. The van der Waals surface area contributed by atoms with Crippen LogP contribution in [0.3, 0.4) is 0 Å². The Kier molecular flexibility index (Phi) is 62.2. The third-order valence-corrected chi connectivity index (χ3v) is 14.4. The van der Waals surface area contributed by atoms with E-state index in [4.69, 9.17) is 14.2 Å². The molecule has 0 unspecified atom stereocenters. The molecule has 1 atom stereocenters. The summed E-state index contributed by atoms with van der Waals surface area (Å²) >= 11 is 0. The van der Waals surface area contributed by atoms with E-state index in [-0.39, 0.29) is 31.1 Å². The van der Waals surface area contributed by atoms with Crippen LogP contribution in [0.5, 0.6) is 0 Å². The zero-order chi connectivity index (χ0) is 55.7. The summed E-state index contributed by atoms with van der Waals surface area (Å²) in [5, 5.41) is 0. The first-order valence-corrected chi connectivity index (χ1v) is 33.1. The van der Waals surface area contributed by atoms with Crippen molar-refractivity contribution in [1.82, 2.24) is 0 Å². The molecule has 0 aromatic carbocycles. The van der Waals surface area contributed by atoms with Gasteiger partial charge in [0.1, 0.15) is 13.2 Å². The summed E-state index contributed by atoms with van der Waals surface area (Å²) in [7, 11) is 0. The van der Waals surface area contributed by atoms with Crippen molar-refractivity contribution < 1.29 is 28.6 Å². The Hall–Kier alpha value is -3.41. The second-order valence-electron chi connectivity index (χ2n) is 22.0. The van der Waals surface area contributed by atoms with Gasteiger partial charge < -0.3 is 14.2 Å². The number of carbonyl (C=O) groups is 3. The van der Waals surface area contributed by atoms with Gasteiger partial charge in [0.05, 0.1) is 0 Å². The van der Waals surface area contributed by atoms with E-state index in [1.807, 2.05) is 0 Å². The van der Waals surface area contributed by atoms with E-state index in [2.05, 4.69) is 106 Å². The molecule has 0 bridgehead atoms. The number of ether oxygens (including phenoxy) is 3. The van der Waals surface area contributed by atoms with Gasteiger partial charge in [-0.2, -0.15) is 0 Å². The van der Waals surface area contributed by atoms with Gasteiger partial charge in [-0.3, -0.25) is 14.4 Å². The predicted octanol–water partition coefficient (Wildman–Crippen LogP) is 22.7. The molecule has 0 saturated heterocycles. The quantitative estimate of drug-likeness (QED) is 0.0261. The summed E-state index contributed by atoms with van der Waals surface area (Å²) in [6.45, 7) is 6.53. The third kappa shape index (κ3) is 63.3. The molecule has 0 spiro atoms. The van der Waals surface area contributed by atoms with Gasteiger partial charge >= 0.3 is 17.9 Å². The van der Waals surface area contributed by atoms with E-state index in [1.54, 1.807) is 0 Å². The average molecular weight is 1070 g/mol. The van der Waals surface area contributed by atoms with Crippen LogP contribution < -0.4 is 0 Å². The summed E-state index contributed by atoms with van der Waals surface area (Å²) in [5.74, 6) is -0.908. The largest absolute Gasteiger partial charge is 0.462 e. The molecule has 0 radical (unpaired) electrons. The molecule has 6 nitrogen and oxygen atoms in total. The molecular weight excluding hydrogens is 949 g/mol. The molecule has 0 aromatic heterocycles. The van der Waals surface area contributed by atoms with Crippen LogP contribution in [0.15, 0.2) is 85.1 Å². The zero-order valence-corrected chi connectivity index (χ0v) is 51.0. The van der Waals surface area contributed by atoms with Crippen molar-refractivity contribution in [1.29, 1.82) is 0 Å². The van der Waals surface area contributed by atoms with Crippen LogP contribution in [-0.4, -0.2) is 37.2 Å². The molecule has 0 saturated carbocycles. The lowest BCUT2D eigenvalue weighted by molar-refractivity contribution is -0.167. The molecule has 77 heavy (non-hydrogen) atoms. The van der Waals surface area contributed by atoms with Crippen molar-refractivity contribution in [2.45, 2.75) is 335 Å². The molecule has 0 aliphatic carbocycles. The molecule has 0 N–H and O–H groups in total. The maximum absolute atomic E-state index is 12.9. The monoisotopic (exact) mass is 1070 g/mol. The van der Waals surface area contributed by atoms with Gasteiger partial charge in [-0.25, -0.2) is 0 Å². The standard InChI is InChI=1S/C71H124O6/c1-4-7-10-13-16-19-22-25-28-31-34-35-38-40-43-46-49-52-55-58-61-64-70(73)76-67-68(77-71(74)65-62-59-56-53-50-47-44-41-37-33-30-27-24-21-18-15-12-9-6-3)66-75-69(72)63-60-57-54-51-48-45-42-39-36-32-29-26-23-20-17-14-11-8-5-2/h8,11,17,20,25-30,36,39,45,48,68H,4-7,9-10,12-16,18-19,21-24,31-35,37-38,40-44,46-47,49-67H2,1-3H3/b11-8-,20-17-,28-25-,29-26-,30-27-,39-36-,48-45-/t68-/m1/s1. The Morgan fingerprint density at radius 3 is 0.818 bits per heavy atom. The SMILES string of the molecule is CC/C=C\C/C=C\C/C=C\C/C=C\C/C=C\CCCCCC(=O)OC[C@H](COC(=O)CCCCCCCCCCCCC/C=C\CCCCCCCC)OC(=O)CCCCCCCCCCC/C=C\CCCCCCCC. The van der Waals surface area contributed by atoms with Crippen molar-refractivity contribution in [3.63, 3.8) is 0 Å². The van der Waals surface area contributed by atoms with E-state index in [0.717, 1.165) is 96.3 Å². The van der Waals surface area contributed by atoms with Crippen LogP contribution in [0.1, 0.15) is 329 Å². The van der Waals surface area contributed by atoms with Gasteiger partial charge in [0, 0.05) is 19.3 Å². The number of esters is 3. The molecule has 0 aromatic rings. The number of carbonyl (C=O) groups excluding carboxylic acids is 3. The van der Waals surface area contributed by atoms with Crippen LogP contribution >= 0.6 is 0 Å². The fraction of sp³-hybridized carbons (Fsp3) is 0.761. The van der Waals surface area contributed by atoms with Crippen molar-refractivity contribution >= 4 is 17.9 Å². The third-order valence-electron chi connectivity index (χ3n) is 14.4. The second kappa shape index (κ2) is 65.1. The van der Waals surface area contributed by atoms with Crippen LogP contribution in [0.4, 0.5) is 0 Å². The molecule has 0 amide bonds. The molecule has 0 aliphatic rings. The number of hydrogen-bond donors (Lipinski definition) is 0. The number of unbranched alkanes of at least 4 members (excludes halogenated alkanes) is 35. The van der Waals surface area contributed by atoms with Gasteiger partial charge in [-0.1, -0.05) is 279 Å². The minimum Gasteiger partial charge on any atom is -0.462 e. The maximum atomic E-state index is 12.9. The highest BCUT2D eigenvalue weighted by atomic mass is 16.6. The molecule has 0 heterocycles. The maximum Gasteiger partial charge on any atom is 0.306 e. The first-order chi connectivity index (χ1) is 38.0. The Morgan fingerprint density at radius 1 is 0.273 bits per heavy atom. The minimum absolute atomic E-state index is 0.0868. The first kappa shape index (κ1) is 73.6. The predicted molar refractivity (Wildman–Crippen MR) is 334 cm³/mol. The Morgan fingerprint density at radius 2 is 0.506 bits per heavy atom. The molecule has 0 fully saturated rings. The fourth-order valence-corrected chi connectivity index (χ4v) is 9.40. The number of allylic oxidation sites excluding steroid dienone is 14. The summed E-state index contributed by atoms with van der Waals surface area (Å²) in [6, 6.07) is 0. The van der Waals surface area contributed by atoms with E-state index in [0.29, 0.717) is 19.3 Å². The summed E-state index contributed by atoms with van der Waals surface area (Å²) in [6.07, 6.45) is 85.9. The van der Waals surface area contributed by atoms with Crippen LogP contribution in [0, 0.1) is 0 Å².